The van der Waals surface area contributed by atoms with Crippen molar-refractivity contribution < 1.29 is 0 Å². The Labute approximate surface area is 114 Å². The summed E-state index contributed by atoms with van der Waals surface area (Å²) in [6.07, 6.45) is 4.61. The number of rotatable bonds is 4. The number of pyridine rings is 1. The quantitative estimate of drug-likeness (QED) is 0.843. The van der Waals surface area contributed by atoms with Gasteiger partial charge in [0.25, 0.3) is 14.1 Å². The first-order valence-electron chi connectivity index (χ1n) is 7.03. The minimum absolute atomic E-state index is 0.171. The molecule has 0 fully saturated rings. The molecule has 0 aliphatic rings. The van der Waals surface area contributed by atoms with Gasteiger partial charge in [0, 0.05) is 11.1 Å². The van der Waals surface area contributed by atoms with Crippen molar-refractivity contribution in [3.8, 4) is 0 Å². The Morgan fingerprint density at radius 2 is 1.72 bits per heavy atom. The summed E-state index contributed by atoms with van der Waals surface area (Å²) in [4.78, 5) is 4.23. The molecule has 0 aliphatic heterocycles. The van der Waals surface area contributed by atoms with E-state index in [2.05, 4.69) is 48.9 Å². The standard InChI is InChI=1S/C8H9N3.3C2H5.Al/c1-2-7-3-6-4-10-11-8(6)5-9-7;3*1-2;/h3-5H,2H2,1H3,(H,10,11);3*1H2,2H3;. The molecule has 0 spiro atoms. The fraction of sp³-hybridized carbons (Fsp3) is 0.571. The number of nitrogens with zero attached hydrogens (tertiary/aromatic N) is 2. The summed E-state index contributed by atoms with van der Waals surface area (Å²) in [7, 11) is 0. The highest BCUT2D eigenvalue weighted by atomic mass is 27.2. The predicted octanol–water partition coefficient (Wildman–Crippen LogP) is 4.06. The summed E-state index contributed by atoms with van der Waals surface area (Å²) in [5, 5.41) is 12.4. The van der Waals surface area contributed by atoms with Crippen LogP contribution in [0.1, 0.15) is 33.4 Å². The predicted molar refractivity (Wildman–Crippen MR) is 80.5 cm³/mol. The number of aromatic amines is 1. The van der Waals surface area contributed by atoms with Crippen molar-refractivity contribution in [2.45, 2.75) is 50.0 Å². The van der Waals surface area contributed by atoms with E-state index < -0.39 is 0 Å². The fourth-order valence-electron chi connectivity index (χ4n) is 1.95. The van der Waals surface area contributed by atoms with Crippen LogP contribution in [0.2, 0.25) is 15.8 Å². The molecule has 2 aromatic heterocycles. The van der Waals surface area contributed by atoms with Gasteiger partial charge in [0.2, 0.25) is 0 Å². The van der Waals surface area contributed by atoms with Crippen LogP contribution in [0.5, 0.6) is 0 Å². The Hall–Kier alpha value is -0.848. The van der Waals surface area contributed by atoms with Crippen molar-refractivity contribution in [1.29, 1.82) is 0 Å². The summed E-state index contributed by atoms with van der Waals surface area (Å²) in [6, 6.07) is 2.05. The zero-order valence-electron chi connectivity index (χ0n) is 12.0. The van der Waals surface area contributed by atoms with Gasteiger partial charge in [0.05, 0.1) is 17.9 Å². The molecular weight excluding hydrogens is 237 g/mol. The Balaban J connectivity index is 0.000000203. The molecule has 2 heterocycles. The maximum Gasteiger partial charge on any atom is 0.261 e. The van der Waals surface area contributed by atoms with Crippen LogP contribution in [-0.4, -0.2) is 29.3 Å². The van der Waals surface area contributed by atoms with E-state index in [0.29, 0.717) is 0 Å². The molecule has 2 aromatic rings. The number of aryl methyl sites for hydroxylation is 1. The zero-order valence-corrected chi connectivity index (χ0v) is 13.2. The maximum atomic E-state index is 4.23. The molecule has 0 amide bonds. The molecule has 0 atom stereocenters. The van der Waals surface area contributed by atoms with Gasteiger partial charge in [-0.15, -0.1) is 0 Å². The van der Waals surface area contributed by atoms with Crippen LogP contribution in [0.25, 0.3) is 10.9 Å². The highest BCUT2D eigenvalue weighted by molar-refractivity contribution is 6.58. The summed E-state index contributed by atoms with van der Waals surface area (Å²) in [5.41, 5.74) is 2.11. The first-order valence-corrected chi connectivity index (χ1v) is 9.47. The lowest BCUT2D eigenvalue weighted by Gasteiger charge is -1.97. The molecule has 0 unspecified atom stereocenters. The first-order chi connectivity index (χ1) is 8.74. The number of H-pyrrole nitrogens is 1. The van der Waals surface area contributed by atoms with Crippen molar-refractivity contribution in [2.24, 2.45) is 0 Å². The summed E-state index contributed by atoms with van der Waals surface area (Å²) >= 11 is -0.171. The summed E-state index contributed by atoms with van der Waals surface area (Å²) < 4.78 is 0. The molecule has 4 heteroatoms. The normalized spacial score (nSPS) is 10.0. The number of aromatic nitrogens is 3. The second-order valence-corrected chi connectivity index (χ2v) is 8.76. The molecule has 3 nitrogen and oxygen atoms in total. The minimum Gasteiger partial charge on any atom is -0.276 e. The molecule has 98 valence electrons. The van der Waals surface area contributed by atoms with Crippen LogP contribution >= 0.6 is 0 Å². The number of hydrogen-bond acceptors (Lipinski definition) is 2. The molecule has 0 saturated carbocycles. The van der Waals surface area contributed by atoms with Crippen molar-refractivity contribution in [3.05, 3.63) is 24.2 Å². The van der Waals surface area contributed by atoms with Crippen molar-refractivity contribution in [3.63, 3.8) is 0 Å². The SMILES string of the molecule is CCc1cc2cn[nH]c2cn1.C[CH2][Al]([CH2]C)[CH2]C. The van der Waals surface area contributed by atoms with Gasteiger partial charge in [-0.3, -0.25) is 10.1 Å². The Morgan fingerprint density at radius 1 is 1.06 bits per heavy atom. The maximum absolute atomic E-state index is 4.23. The van der Waals surface area contributed by atoms with E-state index in [1.54, 1.807) is 0 Å². The van der Waals surface area contributed by atoms with E-state index >= 15 is 0 Å². The average molecular weight is 261 g/mol. The molecular formula is C14H24AlN3. The molecule has 0 bridgehead atoms. The lowest BCUT2D eigenvalue weighted by molar-refractivity contribution is 1.04. The Morgan fingerprint density at radius 3 is 2.22 bits per heavy atom. The van der Waals surface area contributed by atoms with Crippen molar-refractivity contribution >= 4 is 25.1 Å². The summed E-state index contributed by atoms with van der Waals surface area (Å²) in [6.45, 7) is 9.06. The van der Waals surface area contributed by atoms with Gasteiger partial charge in [0.1, 0.15) is 0 Å². The largest absolute Gasteiger partial charge is 0.276 e. The van der Waals surface area contributed by atoms with Crippen LogP contribution in [-0.2, 0) is 6.42 Å². The van der Waals surface area contributed by atoms with Crippen LogP contribution < -0.4 is 0 Å². The topological polar surface area (TPSA) is 41.6 Å². The van der Waals surface area contributed by atoms with E-state index in [1.807, 2.05) is 12.4 Å². The second-order valence-electron chi connectivity index (χ2n) is 4.58. The van der Waals surface area contributed by atoms with Crippen LogP contribution in [0.4, 0.5) is 0 Å². The molecule has 0 aromatic carbocycles. The third-order valence-corrected chi connectivity index (χ3v) is 6.94. The lowest BCUT2D eigenvalue weighted by Crippen LogP contribution is -2.04. The summed E-state index contributed by atoms with van der Waals surface area (Å²) in [5.74, 6) is 0. The van der Waals surface area contributed by atoms with Gasteiger partial charge in [-0.05, 0) is 12.5 Å². The highest BCUT2D eigenvalue weighted by Gasteiger charge is 2.05. The fourth-order valence-corrected chi connectivity index (χ4v) is 3.68. The lowest BCUT2D eigenvalue weighted by atomic mass is 10.2. The molecule has 0 radical (unpaired) electrons. The van der Waals surface area contributed by atoms with Crippen LogP contribution in [0, 0.1) is 0 Å². The van der Waals surface area contributed by atoms with Gasteiger partial charge in [-0.1, -0.05) is 43.5 Å². The van der Waals surface area contributed by atoms with Gasteiger partial charge in [-0.2, -0.15) is 5.10 Å². The van der Waals surface area contributed by atoms with Gasteiger partial charge in [-0.25, -0.2) is 0 Å². The number of nitrogens with one attached hydrogen (secondary N) is 1. The van der Waals surface area contributed by atoms with Crippen LogP contribution in [0.15, 0.2) is 18.5 Å². The van der Waals surface area contributed by atoms with Gasteiger partial charge in [0.15, 0.2) is 0 Å². The van der Waals surface area contributed by atoms with Crippen molar-refractivity contribution in [1.82, 2.24) is 15.2 Å². The third kappa shape index (κ3) is 4.44. The smallest absolute Gasteiger partial charge is 0.261 e. The van der Waals surface area contributed by atoms with E-state index in [1.165, 1.54) is 15.8 Å². The highest BCUT2D eigenvalue weighted by Crippen LogP contribution is 2.09. The molecule has 0 aliphatic carbocycles. The van der Waals surface area contributed by atoms with Crippen LogP contribution in [0.3, 0.4) is 0 Å². The second kappa shape index (κ2) is 8.29. The number of fused-ring (bicyclic) bond motifs is 1. The molecule has 2 rings (SSSR count). The average Bonchev–Trinajstić information content (AvgIpc) is 2.88. The molecule has 0 saturated heterocycles. The van der Waals surface area contributed by atoms with Crippen molar-refractivity contribution in [2.75, 3.05) is 0 Å². The zero-order chi connectivity index (χ0) is 13.4. The van der Waals surface area contributed by atoms with E-state index in [0.717, 1.165) is 23.0 Å². The van der Waals surface area contributed by atoms with Gasteiger partial charge >= 0.3 is 0 Å². The first kappa shape index (κ1) is 15.2. The van der Waals surface area contributed by atoms with E-state index in [-0.39, 0.29) is 14.1 Å². The Kier molecular flexibility index (Phi) is 7.00. The van der Waals surface area contributed by atoms with E-state index in [4.69, 9.17) is 0 Å². The van der Waals surface area contributed by atoms with E-state index in [9.17, 15) is 0 Å². The monoisotopic (exact) mass is 261 g/mol. The Bertz CT molecular complexity index is 443. The third-order valence-electron chi connectivity index (χ3n) is 3.48. The number of hydrogen-bond donors (Lipinski definition) is 1. The molecule has 1 N–H and O–H groups in total. The molecule has 18 heavy (non-hydrogen) atoms. The van der Waals surface area contributed by atoms with Gasteiger partial charge < -0.3 is 0 Å². The minimum atomic E-state index is -0.171.